The van der Waals surface area contributed by atoms with E-state index in [0.29, 0.717) is 6.54 Å². The molecular formula is C11H18ClN3O2. The van der Waals surface area contributed by atoms with Crippen molar-refractivity contribution in [1.29, 1.82) is 0 Å². The Morgan fingerprint density at radius 1 is 1.35 bits per heavy atom. The third-order valence-electron chi connectivity index (χ3n) is 2.74. The standard InChI is InChI=1S/C11H18ClN3O2/c1-3-14(4-2)6-5-7-15-10(16)8-9(12)13-11(15)17/h8H,3-7H2,1-2H3,(H,13,17). The molecule has 0 spiro atoms. The number of hydrogen-bond donors (Lipinski definition) is 1. The lowest BCUT2D eigenvalue weighted by Crippen LogP contribution is -2.35. The zero-order valence-electron chi connectivity index (χ0n) is 10.2. The number of halogens is 1. The smallest absolute Gasteiger partial charge is 0.304 e. The molecule has 0 saturated heterocycles. The topological polar surface area (TPSA) is 58.1 Å². The molecule has 0 atom stereocenters. The Morgan fingerprint density at radius 3 is 2.53 bits per heavy atom. The number of hydrogen-bond acceptors (Lipinski definition) is 3. The second kappa shape index (κ2) is 6.61. The second-order valence-electron chi connectivity index (χ2n) is 3.79. The van der Waals surface area contributed by atoms with Crippen molar-refractivity contribution in [2.75, 3.05) is 19.6 Å². The van der Waals surface area contributed by atoms with Gasteiger partial charge in [-0.2, -0.15) is 0 Å². The lowest BCUT2D eigenvalue weighted by molar-refractivity contribution is 0.291. The summed E-state index contributed by atoms with van der Waals surface area (Å²) in [4.78, 5) is 27.7. The van der Waals surface area contributed by atoms with Crippen LogP contribution in [0.3, 0.4) is 0 Å². The summed E-state index contributed by atoms with van der Waals surface area (Å²) >= 11 is 5.57. The van der Waals surface area contributed by atoms with Crippen LogP contribution in [0.15, 0.2) is 15.7 Å². The van der Waals surface area contributed by atoms with Crippen LogP contribution >= 0.6 is 11.6 Å². The van der Waals surface area contributed by atoms with E-state index in [9.17, 15) is 9.59 Å². The minimum atomic E-state index is -0.443. The molecule has 0 amide bonds. The van der Waals surface area contributed by atoms with Gasteiger partial charge in [0.25, 0.3) is 5.56 Å². The molecule has 0 aromatic carbocycles. The summed E-state index contributed by atoms with van der Waals surface area (Å²) in [6, 6.07) is 1.22. The Balaban J connectivity index is 2.64. The highest BCUT2D eigenvalue weighted by Crippen LogP contribution is 1.95. The number of H-pyrrole nitrogens is 1. The molecule has 1 rings (SSSR count). The van der Waals surface area contributed by atoms with Gasteiger partial charge in [0.1, 0.15) is 5.15 Å². The predicted molar refractivity (Wildman–Crippen MR) is 68.7 cm³/mol. The first-order valence-electron chi connectivity index (χ1n) is 5.80. The van der Waals surface area contributed by atoms with Gasteiger partial charge in [-0.25, -0.2) is 4.79 Å². The summed E-state index contributed by atoms with van der Waals surface area (Å²) < 4.78 is 1.18. The molecule has 1 aromatic rings. The van der Waals surface area contributed by atoms with Gasteiger partial charge in [-0.1, -0.05) is 25.4 Å². The minimum Gasteiger partial charge on any atom is -0.304 e. The van der Waals surface area contributed by atoms with E-state index in [4.69, 9.17) is 11.6 Å². The minimum absolute atomic E-state index is 0.0833. The number of nitrogens with one attached hydrogen (secondary N) is 1. The van der Waals surface area contributed by atoms with Gasteiger partial charge in [-0.3, -0.25) is 14.3 Å². The summed E-state index contributed by atoms with van der Waals surface area (Å²) in [7, 11) is 0. The lowest BCUT2D eigenvalue weighted by atomic mass is 10.3. The van der Waals surface area contributed by atoms with Crippen molar-refractivity contribution in [2.45, 2.75) is 26.8 Å². The highest BCUT2D eigenvalue weighted by molar-refractivity contribution is 6.29. The van der Waals surface area contributed by atoms with Crippen LogP contribution in [0.2, 0.25) is 5.15 Å². The second-order valence-corrected chi connectivity index (χ2v) is 4.20. The van der Waals surface area contributed by atoms with Crippen molar-refractivity contribution in [2.24, 2.45) is 0 Å². The monoisotopic (exact) mass is 259 g/mol. The van der Waals surface area contributed by atoms with Crippen LogP contribution in [0.4, 0.5) is 0 Å². The van der Waals surface area contributed by atoms with Crippen LogP contribution < -0.4 is 11.2 Å². The summed E-state index contributed by atoms with van der Waals surface area (Å²) in [5.41, 5.74) is -0.791. The molecule has 5 nitrogen and oxygen atoms in total. The molecule has 0 bridgehead atoms. The Kier molecular flexibility index (Phi) is 5.44. The van der Waals surface area contributed by atoms with Crippen LogP contribution in [-0.4, -0.2) is 34.1 Å². The fraction of sp³-hybridized carbons (Fsp3) is 0.636. The molecule has 1 aromatic heterocycles. The molecule has 96 valence electrons. The van der Waals surface area contributed by atoms with Crippen molar-refractivity contribution in [3.05, 3.63) is 32.1 Å². The highest BCUT2D eigenvalue weighted by atomic mass is 35.5. The van der Waals surface area contributed by atoms with E-state index in [1.54, 1.807) is 0 Å². The largest absolute Gasteiger partial charge is 0.329 e. The quantitative estimate of drug-likeness (QED) is 0.773. The first-order chi connectivity index (χ1) is 8.08. The van der Waals surface area contributed by atoms with E-state index >= 15 is 0 Å². The molecule has 1 N–H and O–H groups in total. The molecule has 17 heavy (non-hydrogen) atoms. The Bertz CT molecular complexity index is 431. The molecule has 0 fully saturated rings. The van der Waals surface area contributed by atoms with Crippen molar-refractivity contribution in [1.82, 2.24) is 14.5 Å². The molecule has 0 aliphatic heterocycles. The first-order valence-corrected chi connectivity index (χ1v) is 6.18. The van der Waals surface area contributed by atoms with Crippen LogP contribution in [0.1, 0.15) is 20.3 Å². The van der Waals surface area contributed by atoms with Gasteiger partial charge in [0.05, 0.1) is 0 Å². The van der Waals surface area contributed by atoms with E-state index in [2.05, 4.69) is 23.7 Å². The van der Waals surface area contributed by atoms with Gasteiger partial charge in [0.15, 0.2) is 0 Å². The number of aromatic nitrogens is 2. The molecular weight excluding hydrogens is 242 g/mol. The highest BCUT2D eigenvalue weighted by Gasteiger charge is 2.04. The van der Waals surface area contributed by atoms with E-state index in [1.807, 2.05) is 0 Å². The molecule has 0 saturated carbocycles. The van der Waals surface area contributed by atoms with E-state index < -0.39 is 5.69 Å². The summed E-state index contributed by atoms with van der Waals surface area (Å²) in [5, 5.41) is 0.0833. The molecule has 0 aliphatic rings. The maximum absolute atomic E-state index is 11.5. The van der Waals surface area contributed by atoms with Crippen LogP contribution in [0, 0.1) is 0 Å². The van der Waals surface area contributed by atoms with E-state index in [0.717, 1.165) is 26.1 Å². The van der Waals surface area contributed by atoms with E-state index in [1.165, 1.54) is 10.6 Å². The normalized spacial score (nSPS) is 11.1. The SMILES string of the molecule is CCN(CC)CCCn1c(=O)cc(Cl)[nH]c1=O. The van der Waals surface area contributed by atoms with Crippen LogP contribution in [0.25, 0.3) is 0 Å². The van der Waals surface area contributed by atoms with Gasteiger partial charge < -0.3 is 4.90 Å². The lowest BCUT2D eigenvalue weighted by Gasteiger charge is -2.17. The Morgan fingerprint density at radius 2 is 2.00 bits per heavy atom. The zero-order valence-corrected chi connectivity index (χ0v) is 11.0. The summed E-state index contributed by atoms with van der Waals surface area (Å²) in [5.74, 6) is 0. The maximum atomic E-state index is 11.5. The van der Waals surface area contributed by atoms with Crippen molar-refractivity contribution < 1.29 is 0 Å². The third-order valence-corrected chi connectivity index (χ3v) is 2.94. The fourth-order valence-corrected chi connectivity index (χ4v) is 1.87. The molecule has 0 radical (unpaired) electrons. The molecule has 0 unspecified atom stereocenters. The Labute approximate surface area is 105 Å². The maximum Gasteiger partial charge on any atom is 0.329 e. The van der Waals surface area contributed by atoms with Crippen molar-refractivity contribution >= 4 is 11.6 Å². The van der Waals surface area contributed by atoms with Crippen molar-refractivity contribution in [3.63, 3.8) is 0 Å². The average Bonchev–Trinajstić information content (AvgIpc) is 2.27. The molecule has 6 heteroatoms. The molecule has 0 aliphatic carbocycles. The predicted octanol–water partition coefficient (Wildman–Crippen LogP) is 0.922. The zero-order chi connectivity index (χ0) is 12.8. The Hall–Kier alpha value is -1.07. The summed E-state index contributed by atoms with van der Waals surface area (Å²) in [6.07, 6.45) is 0.770. The van der Waals surface area contributed by atoms with Crippen molar-refractivity contribution in [3.8, 4) is 0 Å². The first kappa shape index (κ1) is 14.0. The summed E-state index contributed by atoms with van der Waals surface area (Å²) in [6.45, 7) is 7.42. The van der Waals surface area contributed by atoms with Gasteiger partial charge in [-0.05, 0) is 26.1 Å². The van der Waals surface area contributed by atoms with Gasteiger partial charge >= 0.3 is 5.69 Å². The third kappa shape index (κ3) is 4.02. The van der Waals surface area contributed by atoms with Gasteiger partial charge in [-0.15, -0.1) is 0 Å². The van der Waals surface area contributed by atoms with Crippen LogP contribution in [-0.2, 0) is 6.54 Å². The van der Waals surface area contributed by atoms with Crippen LogP contribution in [0.5, 0.6) is 0 Å². The fourth-order valence-electron chi connectivity index (χ4n) is 1.70. The van der Waals surface area contributed by atoms with Gasteiger partial charge in [0, 0.05) is 12.6 Å². The van der Waals surface area contributed by atoms with Gasteiger partial charge in [0.2, 0.25) is 0 Å². The number of aromatic amines is 1. The molecule has 1 heterocycles. The number of nitrogens with zero attached hydrogens (tertiary/aromatic N) is 2. The van der Waals surface area contributed by atoms with E-state index in [-0.39, 0.29) is 10.7 Å². The number of rotatable bonds is 6. The average molecular weight is 260 g/mol.